The maximum absolute atomic E-state index is 4.51. The number of nitrogens with zero attached hydrogens (tertiary/aromatic N) is 1. The Morgan fingerprint density at radius 1 is 0.743 bits per heavy atom. The summed E-state index contributed by atoms with van der Waals surface area (Å²) in [6.07, 6.45) is 21.4. The molecule has 0 aromatic heterocycles. The van der Waals surface area contributed by atoms with E-state index in [2.05, 4.69) is 147 Å². The van der Waals surface area contributed by atoms with Crippen molar-refractivity contribution in [3.05, 3.63) is 150 Å². The summed E-state index contributed by atoms with van der Waals surface area (Å²) in [5.41, 5.74) is 11.2. The van der Waals surface area contributed by atoms with Crippen molar-refractivity contribution in [1.82, 2.24) is 0 Å². The molecule has 0 amide bonds. The maximum Gasteiger partial charge on any atom is 0.0540 e. The van der Waals surface area contributed by atoms with Gasteiger partial charge in [0.05, 0.1) is 5.69 Å². The van der Waals surface area contributed by atoms with Gasteiger partial charge in [-0.05, 0) is 57.7 Å². The Morgan fingerprint density at radius 2 is 1.54 bits per heavy atom. The fraction of sp³-hybridized carbons (Fsp3) is 0.118. The van der Waals surface area contributed by atoms with Crippen LogP contribution in [0.4, 0.5) is 11.4 Å². The molecule has 1 heteroatoms. The molecular formula is C34H29N. The van der Waals surface area contributed by atoms with E-state index in [0.29, 0.717) is 0 Å². The largest absolute Gasteiger partial charge is 0.317 e. The van der Waals surface area contributed by atoms with Crippen LogP contribution in [0.1, 0.15) is 42.0 Å². The predicted molar refractivity (Wildman–Crippen MR) is 150 cm³/mol. The zero-order chi connectivity index (χ0) is 24.0. The highest BCUT2D eigenvalue weighted by Crippen LogP contribution is 2.53. The second-order valence-electron chi connectivity index (χ2n) is 9.92. The van der Waals surface area contributed by atoms with E-state index in [4.69, 9.17) is 0 Å². The average molecular weight is 452 g/mol. The number of fused-ring (bicyclic) bond motifs is 5. The van der Waals surface area contributed by atoms with Crippen LogP contribution in [-0.2, 0) is 5.41 Å². The third-order valence-electron chi connectivity index (χ3n) is 7.45. The van der Waals surface area contributed by atoms with Gasteiger partial charge in [0.1, 0.15) is 0 Å². The molecule has 35 heavy (non-hydrogen) atoms. The summed E-state index contributed by atoms with van der Waals surface area (Å²) in [5.74, 6) is 0.255. The molecule has 0 bridgehead atoms. The molecule has 0 N–H and O–H groups in total. The van der Waals surface area contributed by atoms with Gasteiger partial charge in [-0.2, -0.15) is 0 Å². The third-order valence-corrected chi connectivity index (χ3v) is 7.45. The Hall–Kier alpha value is -4.10. The summed E-state index contributed by atoms with van der Waals surface area (Å²) < 4.78 is 0. The van der Waals surface area contributed by atoms with Crippen molar-refractivity contribution in [3.63, 3.8) is 0 Å². The lowest BCUT2D eigenvalue weighted by molar-refractivity contribution is 0.660. The van der Waals surface area contributed by atoms with Crippen molar-refractivity contribution in [2.45, 2.75) is 25.2 Å². The van der Waals surface area contributed by atoms with E-state index in [1.54, 1.807) is 0 Å². The Balaban J connectivity index is 1.55. The van der Waals surface area contributed by atoms with Crippen LogP contribution in [0, 0.1) is 0 Å². The topological polar surface area (TPSA) is 3.24 Å². The van der Waals surface area contributed by atoms with Gasteiger partial charge in [-0.15, -0.1) is 0 Å². The van der Waals surface area contributed by atoms with Crippen molar-refractivity contribution in [2.75, 3.05) is 4.90 Å². The van der Waals surface area contributed by atoms with Crippen LogP contribution in [0.15, 0.2) is 128 Å². The summed E-state index contributed by atoms with van der Waals surface area (Å²) in [4.78, 5) is 2.31. The third kappa shape index (κ3) is 3.47. The minimum atomic E-state index is -0.0416. The van der Waals surface area contributed by atoms with E-state index < -0.39 is 0 Å². The quantitative estimate of drug-likeness (QED) is 0.376. The molecule has 3 aliphatic rings. The molecule has 1 aliphatic heterocycles. The van der Waals surface area contributed by atoms with Crippen molar-refractivity contribution in [1.29, 1.82) is 0 Å². The van der Waals surface area contributed by atoms with Gasteiger partial charge in [0.15, 0.2) is 0 Å². The SMILES string of the molecule is C=C1/C=C\C=C/N(c2cccc(C3C=CC=CC=C3)c2)c2ccc3c(c21)-c1ccccc1C3(C)C. The van der Waals surface area contributed by atoms with Gasteiger partial charge in [-0.1, -0.05) is 111 Å². The van der Waals surface area contributed by atoms with Gasteiger partial charge < -0.3 is 4.90 Å². The van der Waals surface area contributed by atoms with Gasteiger partial charge >= 0.3 is 0 Å². The molecule has 0 fully saturated rings. The number of benzene rings is 3. The summed E-state index contributed by atoms with van der Waals surface area (Å²) in [6.45, 7) is 9.17. The van der Waals surface area contributed by atoms with Crippen LogP contribution in [0.5, 0.6) is 0 Å². The molecule has 0 spiro atoms. The molecule has 0 unspecified atom stereocenters. The van der Waals surface area contributed by atoms with Gasteiger partial charge in [-0.25, -0.2) is 0 Å². The number of hydrogen-bond acceptors (Lipinski definition) is 1. The predicted octanol–water partition coefficient (Wildman–Crippen LogP) is 8.99. The van der Waals surface area contributed by atoms with E-state index in [9.17, 15) is 0 Å². The second-order valence-corrected chi connectivity index (χ2v) is 9.92. The molecule has 0 radical (unpaired) electrons. The summed E-state index contributed by atoms with van der Waals surface area (Å²) in [5, 5.41) is 0. The molecule has 1 heterocycles. The molecule has 6 rings (SSSR count). The lowest BCUT2D eigenvalue weighted by atomic mass is 9.81. The molecular weight excluding hydrogens is 422 g/mol. The standard InChI is InChI=1S/C34H29N/c1-24-13-10-11-22-35(27-17-12-16-26(23-27)25-14-6-4-5-7-15-25)31-21-20-30-33(32(24)31)28-18-8-9-19-29(28)34(30,2)3/h4-23,25H,1H2,2-3H3/b13-10-,22-11-. The molecule has 170 valence electrons. The lowest BCUT2D eigenvalue weighted by Crippen LogP contribution is -2.16. The van der Waals surface area contributed by atoms with Crippen LogP contribution < -0.4 is 4.90 Å². The molecule has 0 atom stereocenters. The molecule has 0 saturated carbocycles. The van der Waals surface area contributed by atoms with Crippen LogP contribution in [-0.4, -0.2) is 0 Å². The normalized spacial score (nSPS) is 19.4. The average Bonchev–Trinajstić information content (AvgIpc) is 3.04. The smallest absolute Gasteiger partial charge is 0.0540 e. The first-order valence-corrected chi connectivity index (χ1v) is 12.3. The monoisotopic (exact) mass is 451 g/mol. The van der Waals surface area contributed by atoms with Crippen LogP contribution in [0.3, 0.4) is 0 Å². The summed E-state index contributed by atoms with van der Waals surface area (Å²) in [6, 6.07) is 22.3. The van der Waals surface area contributed by atoms with Gasteiger partial charge in [0.2, 0.25) is 0 Å². The molecule has 1 nitrogen and oxygen atoms in total. The highest BCUT2D eigenvalue weighted by molar-refractivity contribution is 5.98. The van der Waals surface area contributed by atoms with Crippen LogP contribution in [0.2, 0.25) is 0 Å². The number of hydrogen-bond donors (Lipinski definition) is 0. The van der Waals surface area contributed by atoms with E-state index in [1.165, 1.54) is 33.4 Å². The number of rotatable bonds is 2. The van der Waals surface area contributed by atoms with Crippen molar-refractivity contribution >= 4 is 16.9 Å². The fourth-order valence-electron chi connectivity index (χ4n) is 5.67. The Kier molecular flexibility index (Phi) is 5.07. The van der Waals surface area contributed by atoms with Crippen molar-refractivity contribution in [3.8, 4) is 11.1 Å². The first-order chi connectivity index (χ1) is 17.1. The second kappa shape index (κ2) is 8.29. The highest BCUT2D eigenvalue weighted by atomic mass is 15.1. The zero-order valence-electron chi connectivity index (χ0n) is 20.3. The first kappa shape index (κ1) is 21.4. The van der Waals surface area contributed by atoms with E-state index >= 15 is 0 Å². The van der Waals surface area contributed by atoms with Crippen LogP contribution >= 0.6 is 0 Å². The van der Waals surface area contributed by atoms with E-state index in [0.717, 1.165) is 16.9 Å². The Labute approximate surface area is 208 Å². The Morgan fingerprint density at radius 3 is 2.37 bits per heavy atom. The lowest BCUT2D eigenvalue weighted by Gasteiger charge is -2.29. The number of anilines is 2. The molecule has 2 aliphatic carbocycles. The molecule has 3 aromatic rings. The maximum atomic E-state index is 4.51. The van der Waals surface area contributed by atoms with Gasteiger partial charge in [0, 0.05) is 28.8 Å². The summed E-state index contributed by atoms with van der Waals surface area (Å²) >= 11 is 0. The number of allylic oxidation sites excluding steroid dienone is 10. The van der Waals surface area contributed by atoms with Crippen molar-refractivity contribution < 1.29 is 0 Å². The molecule has 0 saturated heterocycles. The van der Waals surface area contributed by atoms with E-state index in [1.807, 2.05) is 0 Å². The van der Waals surface area contributed by atoms with Crippen LogP contribution in [0.25, 0.3) is 16.7 Å². The fourth-order valence-corrected chi connectivity index (χ4v) is 5.67. The minimum absolute atomic E-state index is 0.0416. The van der Waals surface area contributed by atoms with E-state index in [-0.39, 0.29) is 11.3 Å². The summed E-state index contributed by atoms with van der Waals surface area (Å²) in [7, 11) is 0. The minimum Gasteiger partial charge on any atom is -0.317 e. The Bertz CT molecular complexity index is 1470. The zero-order valence-corrected chi connectivity index (χ0v) is 20.3. The highest BCUT2D eigenvalue weighted by Gasteiger charge is 2.38. The van der Waals surface area contributed by atoms with Crippen molar-refractivity contribution in [2.24, 2.45) is 0 Å². The first-order valence-electron chi connectivity index (χ1n) is 12.3. The van der Waals surface area contributed by atoms with Gasteiger partial charge in [0.25, 0.3) is 0 Å². The van der Waals surface area contributed by atoms with Gasteiger partial charge in [-0.3, -0.25) is 0 Å². The molecule has 3 aromatic carbocycles.